The number of methoxy groups -OCH3 is 4. The fourth-order valence-electron chi connectivity index (χ4n) is 3.07. The molecule has 1 amide bonds. The van der Waals surface area contributed by atoms with Crippen LogP contribution in [0.2, 0.25) is 0 Å². The highest BCUT2D eigenvalue weighted by Gasteiger charge is 2.35. The van der Waals surface area contributed by atoms with Crippen molar-refractivity contribution in [3.8, 4) is 17.2 Å². The number of likely N-dealkylation sites (tertiary alicyclic amines) is 1. The summed E-state index contributed by atoms with van der Waals surface area (Å²) in [6.45, 7) is 5.83. The summed E-state index contributed by atoms with van der Waals surface area (Å²) in [5, 5.41) is 3.06. The molecular weight excluding hydrogens is 324 g/mol. The molecule has 1 fully saturated rings. The third-order valence-electron chi connectivity index (χ3n) is 4.57. The van der Waals surface area contributed by atoms with Gasteiger partial charge in [-0.05, 0) is 26.0 Å². The monoisotopic (exact) mass is 352 g/mol. The number of carbonyl (C=O) groups excluding carboxylic acids is 1. The molecule has 2 rings (SSSR count). The fraction of sp³-hybridized carbons (Fsp3) is 0.611. The third-order valence-corrected chi connectivity index (χ3v) is 4.57. The maximum Gasteiger partial charge on any atom is 0.251 e. The highest BCUT2D eigenvalue weighted by Crippen LogP contribution is 2.38. The fourth-order valence-corrected chi connectivity index (χ4v) is 3.07. The summed E-state index contributed by atoms with van der Waals surface area (Å²) in [4.78, 5) is 15.0. The Morgan fingerprint density at radius 3 is 2.12 bits per heavy atom. The average Bonchev–Trinajstić information content (AvgIpc) is 3.03. The molecule has 1 N–H and O–H groups in total. The molecule has 0 bridgehead atoms. The Morgan fingerprint density at radius 2 is 1.68 bits per heavy atom. The average molecular weight is 352 g/mol. The number of nitrogens with one attached hydrogen (secondary N) is 1. The molecule has 0 aliphatic carbocycles. The van der Waals surface area contributed by atoms with E-state index in [9.17, 15) is 4.79 Å². The molecule has 0 aromatic heterocycles. The van der Waals surface area contributed by atoms with Crippen LogP contribution in [0.15, 0.2) is 12.1 Å². The molecule has 2 atom stereocenters. The lowest BCUT2D eigenvalue weighted by Gasteiger charge is -2.20. The van der Waals surface area contributed by atoms with Crippen molar-refractivity contribution in [2.75, 3.05) is 41.5 Å². The second-order valence-corrected chi connectivity index (χ2v) is 6.32. The van der Waals surface area contributed by atoms with Crippen molar-refractivity contribution in [3.63, 3.8) is 0 Å². The van der Waals surface area contributed by atoms with E-state index in [0.29, 0.717) is 28.9 Å². The van der Waals surface area contributed by atoms with Gasteiger partial charge in [-0.2, -0.15) is 0 Å². The first-order valence-corrected chi connectivity index (χ1v) is 8.32. The quantitative estimate of drug-likeness (QED) is 0.803. The Hall–Kier alpha value is -1.99. The molecule has 1 heterocycles. The molecule has 1 aromatic carbocycles. The number of nitrogens with zero attached hydrogens (tertiary/aromatic N) is 1. The van der Waals surface area contributed by atoms with E-state index in [2.05, 4.69) is 24.1 Å². The number of benzene rings is 1. The lowest BCUT2D eigenvalue weighted by atomic mass is 10.1. The van der Waals surface area contributed by atoms with Crippen LogP contribution in [0.4, 0.5) is 0 Å². The summed E-state index contributed by atoms with van der Waals surface area (Å²) in [5.74, 6) is 1.16. The van der Waals surface area contributed by atoms with Crippen molar-refractivity contribution in [2.24, 2.45) is 0 Å². The molecule has 1 saturated heterocycles. The minimum Gasteiger partial charge on any atom is -0.493 e. The Bertz CT molecular complexity index is 580. The molecular formula is C18H28N2O5. The summed E-state index contributed by atoms with van der Waals surface area (Å²) < 4.78 is 21.5. The number of hydrogen-bond acceptors (Lipinski definition) is 6. The van der Waals surface area contributed by atoms with E-state index in [1.54, 1.807) is 19.2 Å². The SMILES string of the molecule is COc1cc(C(=O)N[C@H]2CN(C(C)C)C[C@@H]2OC)cc(OC)c1OC. The van der Waals surface area contributed by atoms with Gasteiger partial charge in [0, 0.05) is 31.8 Å². The predicted molar refractivity (Wildman–Crippen MR) is 94.9 cm³/mol. The van der Waals surface area contributed by atoms with Gasteiger partial charge in [0.05, 0.1) is 33.5 Å². The van der Waals surface area contributed by atoms with Crippen molar-refractivity contribution < 1.29 is 23.7 Å². The molecule has 25 heavy (non-hydrogen) atoms. The van der Waals surface area contributed by atoms with Crippen LogP contribution in [0.3, 0.4) is 0 Å². The van der Waals surface area contributed by atoms with Crippen LogP contribution in [0, 0.1) is 0 Å². The van der Waals surface area contributed by atoms with E-state index in [-0.39, 0.29) is 18.1 Å². The zero-order chi connectivity index (χ0) is 18.6. The summed E-state index contributed by atoms with van der Waals surface area (Å²) in [7, 11) is 6.25. The number of hydrogen-bond donors (Lipinski definition) is 1. The second kappa shape index (κ2) is 8.40. The first kappa shape index (κ1) is 19.3. The smallest absolute Gasteiger partial charge is 0.251 e. The van der Waals surface area contributed by atoms with E-state index in [4.69, 9.17) is 18.9 Å². The number of ether oxygens (including phenoxy) is 4. The topological polar surface area (TPSA) is 69.3 Å². The van der Waals surface area contributed by atoms with Crippen molar-refractivity contribution in [3.05, 3.63) is 17.7 Å². The minimum absolute atomic E-state index is 0.0339. The van der Waals surface area contributed by atoms with E-state index in [0.717, 1.165) is 13.1 Å². The third kappa shape index (κ3) is 4.16. The lowest BCUT2D eigenvalue weighted by Crippen LogP contribution is -2.43. The summed E-state index contributed by atoms with van der Waals surface area (Å²) in [5.41, 5.74) is 0.451. The lowest BCUT2D eigenvalue weighted by molar-refractivity contribution is 0.0753. The van der Waals surface area contributed by atoms with Crippen LogP contribution in [-0.2, 0) is 4.74 Å². The zero-order valence-corrected chi connectivity index (χ0v) is 15.8. The first-order valence-electron chi connectivity index (χ1n) is 8.32. The van der Waals surface area contributed by atoms with Gasteiger partial charge in [0.25, 0.3) is 5.91 Å². The van der Waals surface area contributed by atoms with Gasteiger partial charge in [0.1, 0.15) is 0 Å². The molecule has 0 saturated carbocycles. The van der Waals surface area contributed by atoms with Crippen LogP contribution >= 0.6 is 0 Å². The highest BCUT2D eigenvalue weighted by atomic mass is 16.5. The van der Waals surface area contributed by atoms with Crippen LogP contribution in [0.5, 0.6) is 17.2 Å². The van der Waals surface area contributed by atoms with Gasteiger partial charge in [-0.1, -0.05) is 0 Å². The molecule has 140 valence electrons. The summed E-state index contributed by atoms with van der Waals surface area (Å²) >= 11 is 0. The maximum absolute atomic E-state index is 12.7. The second-order valence-electron chi connectivity index (χ2n) is 6.32. The molecule has 1 aliphatic heterocycles. The maximum atomic E-state index is 12.7. The van der Waals surface area contributed by atoms with Crippen molar-refractivity contribution in [2.45, 2.75) is 32.0 Å². The predicted octanol–water partition coefficient (Wildman–Crippen LogP) is 1.55. The molecule has 0 unspecified atom stereocenters. The number of rotatable bonds is 7. The van der Waals surface area contributed by atoms with Gasteiger partial charge in [0.15, 0.2) is 11.5 Å². The standard InChI is InChI=1S/C18H28N2O5/c1-11(2)20-9-13(16(10-20)24-5)19-18(21)12-7-14(22-3)17(25-6)15(8-12)23-4/h7-8,11,13,16H,9-10H2,1-6H3,(H,19,21)/t13-,16-/m0/s1. The van der Waals surface area contributed by atoms with Crippen LogP contribution in [-0.4, -0.2) is 70.5 Å². The number of amides is 1. The van der Waals surface area contributed by atoms with Gasteiger partial charge in [-0.15, -0.1) is 0 Å². The largest absolute Gasteiger partial charge is 0.493 e. The van der Waals surface area contributed by atoms with Gasteiger partial charge >= 0.3 is 0 Å². The van der Waals surface area contributed by atoms with Gasteiger partial charge in [0.2, 0.25) is 5.75 Å². The Kier molecular flexibility index (Phi) is 6.50. The Labute approximate surface area is 149 Å². The van der Waals surface area contributed by atoms with Gasteiger partial charge < -0.3 is 24.3 Å². The van der Waals surface area contributed by atoms with E-state index < -0.39 is 0 Å². The summed E-state index contributed by atoms with van der Waals surface area (Å²) in [6.07, 6.45) is -0.0339. The zero-order valence-electron chi connectivity index (χ0n) is 15.8. The van der Waals surface area contributed by atoms with Gasteiger partial charge in [-0.3, -0.25) is 9.69 Å². The Balaban J connectivity index is 2.20. The highest BCUT2D eigenvalue weighted by molar-refractivity contribution is 5.96. The molecule has 0 radical (unpaired) electrons. The molecule has 7 nitrogen and oxygen atoms in total. The van der Waals surface area contributed by atoms with Gasteiger partial charge in [-0.25, -0.2) is 0 Å². The summed E-state index contributed by atoms with van der Waals surface area (Å²) in [6, 6.07) is 3.63. The Morgan fingerprint density at radius 1 is 1.08 bits per heavy atom. The molecule has 1 aromatic rings. The minimum atomic E-state index is -0.197. The van der Waals surface area contributed by atoms with Crippen LogP contribution < -0.4 is 19.5 Å². The van der Waals surface area contributed by atoms with Crippen LogP contribution in [0.25, 0.3) is 0 Å². The molecule has 7 heteroatoms. The molecule has 1 aliphatic rings. The van der Waals surface area contributed by atoms with E-state index in [1.165, 1.54) is 21.3 Å². The van der Waals surface area contributed by atoms with Crippen molar-refractivity contribution in [1.29, 1.82) is 0 Å². The first-order chi connectivity index (χ1) is 11.9. The van der Waals surface area contributed by atoms with Crippen LogP contribution in [0.1, 0.15) is 24.2 Å². The van der Waals surface area contributed by atoms with Crippen molar-refractivity contribution >= 4 is 5.91 Å². The number of carbonyl (C=O) groups is 1. The van der Waals surface area contributed by atoms with E-state index in [1.807, 2.05) is 0 Å². The van der Waals surface area contributed by atoms with E-state index >= 15 is 0 Å². The molecule has 0 spiro atoms. The normalized spacial score (nSPS) is 20.6. The van der Waals surface area contributed by atoms with Crippen molar-refractivity contribution in [1.82, 2.24) is 10.2 Å².